The van der Waals surface area contributed by atoms with Crippen LogP contribution in [-0.4, -0.2) is 14.5 Å². The molecule has 0 bridgehead atoms. The van der Waals surface area contributed by atoms with Crippen molar-refractivity contribution in [1.29, 1.82) is 0 Å². The van der Waals surface area contributed by atoms with Crippen LogP contribution < -0.4 is 10.5 Å². The van der Waals surface area contributed by atoms with Crippen molar-refractivity contribution in [1.82, 2.24) is 4.72 Å². The van der Waals surface area contributed by atoms with Gasteiger partial charge in [0.05, 0.1) is 15.6 Å². The van der Waals surface area contributed by atoms with E-state index in [2.05, 4.69) is 11.6 Å². The van der Waals surface area contributed by atoms with Gasteiger partial charge >= 0.3 is 0 Å². The van der Waals surface area contributed by atoms with Gasteiger partial charge in [-0.2, -0.15) is 0 Å². The zero-order valence-electron chi connectivity index (χ0n) is 11.6. The second-order valence-corrected chi connectivity index (χ2v) is 7.74. The molecule has 1 aliphatic rings. The minimum absolute atomic E-state index is 0.0156. The molecule has 112 valence electrons. The van der Waals surface area contributed by atoms with E-state index in [0.29, 0.717) is 10.9 Å². The summed E-state index contributed by atoms with van der Waals surface area (Å²) in [4.78, 5) is 0.177. The van der Waals surface area contributed by atoms with Crippen LogP contribution in [0.1, 0.15) is 39.0 Å². The Morgan fingerprint density at radius 1 is 1.25 bits per heavy atom. The largest absolute Gasteiger partial charge is 0.397 e. The summed E-state index contributed by atoms with van der Waals surface area (Å²) >= 11 is 5.82. The summed E-state index contributed by atoms with van der Waals surface area (Å²) in [5, 5.41) is 0.368. The van der Waals surface area contributed by atoms with Crippen molar-refractivity contribution in [3.63, 3.8) is 0 Å². The lowest BCUT2D eigenvalue weighted by molar-refractivity contribution is 0.484. The molecule has 3 N–H and O–H groups in total. The van der Waals surface area contributed by atoms with Gasteiger partial charge in [0.2, 0.25) is 10.0 Å². The molecule has 0 saturated heterocycles. The van der Waals surface area contributed by atoms with E-state index in [1.54, 1.807) is 0 Å². The van der Waals surface area contributed by atoms with Gasteiger partial charge in [0.1, 0.15) is 0 Å². The lowest BCUT2D eigenvalue weighted by Crippen LogP contribution is -2.34. The van der Waals surface area contributed by atoms with E-state index < -0.39 is 10.0 Å². The van der Waals surface area contributed by atoms with Gasteiger partial charge in [-0.1, -0.05) is 31.4 Å². The summed E-state index contributed by atoms with van der Waals surface area (Å²) < 4.78 is 27.5. The fraction of sp³-hybridized carbons (Fsp3) is 0.571. The molecule has 20 heavy (non-hydrogen) atoms. The Balaban J connectivity index is 2.12. The Morgan fingerprint density at radius 3 is 2.70 bits per heavy atom. The fourth-order valence-corrected chi connectivity index (χ4v) is 4.04. The third kappa shape index (κ3) is 3.87. The molecule has 1 fully saturated rings. The molecule has 2 unspecified atom stereocenters. The smallest absolute Gasteiger partial charge is 0.240 e. The standard InChI is InChI=1S/C14H21ClN2O2S/c1-10-3-2-4-11(6-5-10)17-20(18,19)12-7-8-13(15)14(16)9-12/h7-11,17H,2-6,16H2,1H3. The summed E-state index contributed by atoms with van der Waals surface area (Å²) in [6.45, 7) is 2.22. The first kappa shape index (κ1) is 15.6. The number of nitrogen functional groups attached to an aromatic ring is 1. The topological polar surface area (TPSA) is 72.2 Å². The minimum Gasteiger partial charge on any atom is -0.397 e. The lowest BCUT2D eigenvalue weighted by Gasteiger charge is -2.17. The molecule has 1 aromatic rings. The van der Waals surface area contributed by atoms with E-state index in [0.717, 1.165) is 25.7 Å². The van der Waals surface area contributed by atoms with Crippen LogP contribution in [0.3, 0.4) is 0 Å². The quantitative estimate of drug-likeness (QED) is 0.664. The van der Waals surface area contributed by atoms with E-state index in [9.17, 15) is 8.42 Å². The highest BCUT2D eigenvalue weighted by molar-refractivity contribution is 7.89. The number of anilines is 1. The monoisotopic (exact) mass is 316 g/mol. The first-order valence-electron chi connectivity index (χ1n) is 6.96. The van der Waals surface area contributed by atoms with Crippen molar-refractivity contribution in [3.8, 4) is 0 Å². The zero-order valence-corrected chi connectivity index (χ0v) is 13.2. The normalized spacial score (nSPS) is 24.3. The first-order valence-corrected chi connectivity index (χ1v) is 8.82. The van der Waals surface area contributed by atoms with Gasteiger partial charge in [-0.05, 0) is 43.4 Å². The molecule has 0 heterocycles. The Bertz CT molecular complexity index is 575. The predicted octanol–water partition coefficient (Wildman–Crippen LogP) is 3.17. The van der Waals surface area contributed by atoms with Gasteiger partial charge < -0.3 is 5.73 Å². The van der Waals surface area contributed by atoms with E-state index in [-0.39, 0.29) is 16.6 Å². The van der Waals surface area contributed by atoms with E-state index in [4.69, 9.17) is 17.3 Å². The maximum atomic E-state index is 12.3. The Hall–Kier alpha value is -0.780. The SMILES string of the molecule is CC1CCCC(NS(=O)(=O)c2ccc(Cl)c(N)c2)CC1. The zero-order chi connectivity index (χ0) is 14.8. The molecule has 1 aliphatic carbocycles. The Morgan fingerprint density at radius 2 is 2.00 bits per heavy atom. The average molecular weight is 317 g/mol. The van der Waals surface area contributed by atoms with Crippen LogP contribution >= 0.6 is 11.6 Å². The Kier molecular flexibility index (Phi) is 4.94. The van der Waals surface area contributed by atoms with Gasteiger partial charge in [0.15, 0.2) is 0 Å². The number of hydrogen-bond donors (Lipinski definition) is 2. The molecule has 2 rings (SSSR count). The third-order valence-electron chi connectivity index (χ3n) is 3.86. The highest BCUT2D eigenvalue weighted by Gasteiger charge is 2.23. The highest BCUT2D eigenvalue weighted by atomic mass is 35.5. The minimum atomic E-state index is -3.52. The van der Waals surface area contributed by atoms with Crippen molar-refractivity contribution in [2.24, 2.45) is 5.92 Å². The number of nitrogens with one attached hydrogen (secondary N) is 1. The summed E-state index contributed by atoms with van der Waals surface area (Å²) in [7, 11) is -3.52. The molecule has 0 aromatic heterocycles. The number of rotatable bonds is 3. The molecular weight excluding hydrogens is 296 g/mol. The van der Waals surface area contributed by atoms with Gasteiger partial charge in [-0.15, -0.1) is 0 Å². The van der Waals surface area contributed by atoms with Crippen molar-refractivity contribution in [2.45, 2.75) is 50.0 Å². The Labute approximate surface area is 125 Å². The fourth-order valence-electron chi connectivity index (χ4n) is 2.58. The van der Waals surface area contributed by atoms with Gasteiger partial charge in [0, 0.05) is 6.04 Å². The molecule has 0 spiro atoms. The lowest BCUT2D eigenvalue weighted by atomic mass is 10.0. The summed E-state index contributed by atoms with van der Waals surface area (Å²) in [5.41, 5.74) is 5.95. The van der Waals surface area contributed by atoms with Crippen LogP contribution in [0.2, 0.25) is 5.02 Å². The predicted molar refractivity (Wildman–Crippen MR) is 82.2 cm³/mol. The van der Waals surface area contributed by atoms with Gasteiger partial charge in [0.25, 0.3) is 0 Å². The van der Waals surface area contributed by atoms with Crippen LogP contribution in [0.25, 0.3) is 0 Å². The molecule has 0 radical (unpaired) electrons. The second kappa shape index (κ2) is 6.33. The molecule has 6 heteroatoms. The van der Waals surface area contributed by atoms with Gasteiger partial charge in [-0.3, -0.25) is 0 Å². The molecule has 0 amide bonds. The number of sulfonamides is 1. The number of benzene rings is 1. The average Bonchev–Trinajstić information content (AvgIpc) is 2.57. The molecule has 1 saturated carbocycles. The summed E-state index contributed by atoms with van der Waals surface area (Å²) in [6.07, 6.45) is 5.09. The van der Waals surface area contributed by atoms with Crippen LogP contribution in [0.15, 0.2) is 23.1 Å². The van der Waals surface area contributed by atoms with E-state index >= 15 is 0 Å². The van der Waals surface area contributed by atoms with E-state index in [1.165, 1.54) is 24.6 Å². The second-order valence-electron chi connectivity index (χ2n) is 5.61. The maximum absolute atomic E-state index is 12.3. The molecule has 4 nitrogen and oxygen atoms in total. The van der Waals surface area contributed by atoms with Crippen LogP contribution in [0, 0.1) is 5.92 Å². The number of halogens is 1. The summed E-state index contributed by atoms with van der Waals surface area (Å²) in [6, 6.07) is 4.42. The number of hydrogen-bond acceptors (Lipinski definition) is 3. The number of nitrogens with two attached hydrogens (primary N) is 1. The van der Waals surface area contributed by atoms with Crippen molar-refractivity contribution >= 4 is 27.3 Å². The van der Waals surface area contributed by atoms with Crippen molar-refractivity contribution in [3.05, 3.63) is 23.2 Å². The molecule has 0 aliphatic heterocycles. The molecule has 2 atom stereocenters. The molecular formula is C14H21ClN2O2S. The van der Waals surface area contributed by atoms with Crippen LogP contribution in [0.5, 0.6) is 0 Å². The van der Waals surface area contributed by atoms with Crippen molar-refractivity contribution < 1.29 is 8.42 Å². The van der Waals surface area contributed by atoms with Crippen molar-refractivity contribution in [2.75, 3.05) is 5.73 Å². The van der Waals surface area contributed by atoms with Crippen LogP contribution in [0.4, 0.5) is 5.69 Å². The maximum Gasteiger partial charge on any atom is 0.240 e. The highest BCUT2D eigenvalue weighted by Crippen LogP contribution is 2.25. The summed E-state index contributed by atoms with van der Waals surface area (Å²) in [5.74, 6) is 0.677. The first-order chi connectivity index (χ1) is 9.38. The third-order valence-corrected chi connectivity index (χ3v) is 5.72. The molecule has 1 aromatic carbocycles. The van der Waals surface area contributed by atoms with E-state index in [1.807, 2.05) is 0 Å². The van der Waals surface area contributed by atoms with Crippen LogP contribution in [-0.2, 0) is 10.0 Å². The van der Waals surface area contributed by atoms with Gasteiger partial charge in [-0.25, -0.2) is 13.1 Å².